The second kappa shape index (κ2) is 5.19. The maximum absolute atomic E-state index is 10.4. The summed E-state index contributed by atoms with van der Waals surface area (Å²) < 4.78 is 17.2. The molecule has 0 aliphatic heterocycles. The number of hydrogen-bond donors (Lipinski definition) is 0. The van der Waals surface area contributed by atoms with Gasteiger partial charge in [0, 0.05) is 6.92 Å². The van der Waals surface area contributed by atoms with Crippen molar-refractivity contribution in [2.45, 2.75) is 6.92 Å². The molecule has 0 fully saturated rings. The molecular weight excluding hydrogens is 168 g/mol. The van der Waals surface area contributed by atoms with E-state index in [9.17, 15) is 4.79 Å². The SMILES string of the molecule is [3H]c1ccc(OCCOC(C)=O)cc1. The average molecular weight is 182 g/mol. The molecule has 0 N–H and O–H groups in total. The third kappa shape index (κ3) is 4.15. The van der Waals surface area contributed by atoms with Gasteiger partial charge in [0.15, 0.2) is 0 Å². The molecule has 70 valence electrons. The summed E-state index contributed by atoms with van der Waals surface area (Å²) in [6, 6.07) is 7.13. The molecule has 0 aliphatic carbocycles. The van der Waals surface area contributed by atoms with Gasteiger partial charge in [0.2, 0.25) is 0 Å². The molecule has 0 heterocycles. The van der Waals surface area contributed by atoms with Crippen LogP contribution < -0.4 is 4.74 Å². The Labute approximate surface area is 78.7 Å². The van der Waals surface area contributed by atoms with E-state index in [1.54, 1.807) is 24.3 Å². The predicted octanol–water partition coefficient (Wildman–Crippen LogP) is 1.63. The summed E-state index contributed by atoms with van der Waals surface area (Å²) in [5.41, 5.74) is 0. The van der Waals surface area contributed by atoms with Crippen LogP contribution in [0.3, 0.4) is 0 Å². The standard InChI is InChI=1S/C10H12O3/c1-9(11)12-7-8-13-10-5-3-2-4-6-10/h2-6H,7-8H2,1H3/i2T. The Bertz CT molecular complexity index is 295. The van der Waals surface area contributed by atoms with Crippen molar-refractivity contribution in [1.29, 1.82) is 0 Å². The van der Waals surface area contributed by atoms with Gasteiger partial charge in [0.25, 0.3) is 0 Å². The summed E-state index contributed by atoms with van der Waals surface area (Å²) in [4.78, 5) is 10.4. The molecule has 13 heavy (non-hydrogen) atoms. The highest BCUT2D eigenvalue weighted by molar-refractivity contribution is 5.65. The van der Waals surface area contributed by atoms with Gasteiger partial charge in [-0.05, 0) is 12.1 Å². The van der Waals surface area contributed by atoms with E-state index in [0.29, 0.717) is 18.4 Å². The van der Waals surface area contributed by atoms with Crippen LogP contribution in [0.25, 0.3) is 0 Å². The Hall–Kier alpha value is -1.51. The van der Waals surface area contributed by atoms with E-state index in [0.717, 1.165) is 0 Å². The maximum Gasteiger partial charge on any atom is 0.302 e. The fraction of sp³-hybridized carbons (Fsp3) is 0.300. The van der Waals surface area contributed by atoms with E-state index >= 15 is 0 Å². The number of benzene rings is 1. The zero-order valence-electron chi connectivity index (χ0n) is 8.45. The zero-order valence-corrected chi connectivity index (χ0v) is 7.45. The lowest BCUT2D eigenvalue weighted by Crippen LogP contribution is -2.09. The minimum Gasteiger partial charge on any atom is -0.490 e. The van der Waals surface area contributed by atoms with Crippen LogP contribution in [0.4, 0.5) is 0 Å². The molecule has 1 aromatic carbocycles. The van der Waals surface area contributed by atoms with Crippen molar-refractivity contribution in [2.24, 2.45) is 0 Å². The van der Waals surface area contributed by atoms with Crippen molar-refractivity contribution >= 4 is 5.97 Å². The van der Waals surface area contributed by atoms with Gasteiger partial charge in [-0.1, -0.05) is 18.2 Å². The van der Waals surface area contributed by atoms with Crippen LogP contribution in [0.2, 0.25) is 0 Å². The first-order valence-electron chi connectivity index (χ1n) is 4.51. The van der Waals surface area contributed by atoms with E-state index in [2.05, 4.69) is 4.74 Å². The lowest BCUT2D eigenvalue weighted by atomic mass is 10.3. The lowest BCUT2D eigenvalue weighted by Gasteiger charge is -2.05. The fourth-order valence-electron chi connectivity index (χ4n) is 0.813. The van der Waals surface area contributed by atoms with Crippen molar-refractivity contribution in [1.82, 2.24) is 0 Å². The van der Waals surface area contributed by atoms with E-state index in [1.807, 2.05) is 0 Å². The quantitative estimate of drug-likeness (QED) is 0.524. The van der Waals surface area contributed by atoms with E-state index < -0.39 is 0 Å². The number of para-hydroxylation sites is 1. The molecule has 1 aromatic rings. The highest BCUT2D eigenvalue weighted by Gasteiger charge is 1.93. The van der Waals surface area contributed by atoms with Crippen molar-refractivity contribution in [3.8, 4) is 5.75 Å². The number of esters is 1. The van der Waals surface area contributed by atoms with Crippen molar-refractivity contribution in [3.63, 3.8) is 0 Å². The zero-order chi connectivity index (χ0) is 10.4. The Morgan fingerprint density at radius 3 is 2.77 bits per heavy atom. The Morgan fingerprint density at radius 2 is 2.15 bits per heavy atom. The highest BCUT2D eigenvalue weighted by Crippen LogP contribution is 2.07. The second-order valence-electron chi connectivity index (χ2n) is 2.42. The van der Waals surface area contributed by atoms with Crippen molar-refractivity contribution < 1.29 is 15.6 Å². The maximum atomic E-state index is 10.4. The molecule has 0 amide bonds. The molecule has 0 atom stereocenters. The minimum absolute atomic E-state index is 0.248. The van der Waals surface area contributed by atoms with E-state index in [-0.39, 0.29) is 12.6 Å². The van der Waals surface area contributed by atoms with Crippen LogP contribution >= 0.6 is 0 Å². The number of rotatable bonds is 4. The van der Waals surface area contributed by atoms with E-state index in [4.69, 9.17) is 6.11 Å². The van der Waals surface area contributed by atoms with Crippen LogP contribution in [0.15, 0.2) is 30.3 Å². The molecule has 0 spiro atoms. The third-order valence-electron chi connectivity index (χ3n) is 1.35. The van der Waals surface area contributed by atoms with Crippen LogP contribution in [0.5, 0.6) is 5.75 Å². The van der Waals surface area contributed by atoms with Gasteiger partial charge in [0.05, 0.1) is 1.37 Å². The predicted molar refractivity (Wildman–Crippen MR) is 48.6 cm³/mol. The molecule has 0 aliphatic rings. The Kier molecular flexibility index (Phi) is 3.24. The molecule has 3 nitrogen and oxygen atoms in total. The van der Waals surface area contributed by atoms with Gasteiger partial charge in [-0.25, -0.2) is 0 Å². The topological polar surface area (TPSA) is 35.5 Å². The van der Waals surface area contributed by atoms with E-state index in [1.165, 1.54) is 6.92 Å². The van der Waals surface area contributed by atoms with Gasteiger partial charge >= 0.3 is 5.97 Å². The molecule has 1 rings (SSSR count). The molecule has 0 unspecified atom stereocenters. The van der Waals surface area contributed by atoms with Crippen LogP contribution in [0, 0.1) is 0 Å². The first-order chi connectivity index (χ1) is 6.68. The van der Waals surface area contributed by atoms with Gasteiger partial charge < -0.3 is 9.47 Å². The summed E-state index contributed by atoms with van der Waals surface area (Å²) in [6.07, 6.45) is 0. The largest absolute Gasteiger partial charge is 0.490 e. The first-order valence-corrected chi connectivity index (χ1v) is 4.01. The molecule has 3 heteroatoms. The molecule has 0 bridgehead atoms. The number of hydrogen-bond acceptors (Lipinski definition) is 3. The summed E-state index contributed by atoms with van der Waals surface area (Å²) in [6.45, 7) is 1.93. The smallest absolute Gasteiger partial charge is 0.302 e. The molecule has 0 saturated heterocycles. The summed E-state index contributed by atoms with van der Waals surface area (Å²) in [5.74, 6) is 0.364. The fourth-order valence-corrected chi connectivity index (χ4v) is 0.813. The van der Waals surface area contributed by atoms with Gasteiger partial charge in [-0.3, -0.25) is 4.79 Å². The van der Waals surface area contributed by atoms with Crippen LogP contribution in [-0.4, -0.2) is 19.2 Å². The lowest BCUT2D eigenvalue weighted by molar-refractivity contribution is -0.141. The number of ether oxygens (including phenoxy) is 2. The van der Waals surface area contributed by atoms with Crippen molar-refractivity contribution in [3.05, 3.63) is 30.3 Å². The van der Waals surface area contributed by atoms with Gasteiger partial charge in [-0.2, -0.15) is 0 Å². The number of carbonyl (C=O) groups excluding carboxylic acids is 1. The first kappa shape index (κ1) is 8.10. The summed E-state index contributed by atoms with van der Waals surface area (Å²) >= 11 is 0. The normalized spacial score (nSPS) is 10.4. The molecular formula is C10H12O3. The summed E-state index contributed by atoms with van der Waals surface area (Å²) in [5, 5.41) is 0. The summed E-state index contributed by atoms with van der Waals surface area (Å²) in [7, 11) is 0. The third-order valence-corrected chi connectivity index (χ3v) is 1.35. The molecule has 0 aromatic heterocycles. The monoisotopic (exact) mass is 182 g/mol. The second-order valence-corrected chi connectivity index (χ2v) is 2.42. The van der Waals surface area contributed by atoms with Gasteiger partial charge in [-0.15, -0.1) is 0 Å². The van der Waals surface area contributed by atoms with Gasteiger partial charge in [0.1, 0.15) is 19.0 Å². The Morgan fingerprint density at radius 1 is 1.46 bits per heavy atom. The average Bonchev–Trinajstić information content (AvgIpc) is 2.15. The number of carbonyl (C=O) groups is 1. The van der Waals surface area contributed by atoms with Crippen molar-refractivity contribution in [2.75, 3.05) is 13.2 Å². The molecule has 0 radical (unpaired) electrons. The van der Waals surface area contributed by atoms with Crippen LogP contribution in [-0.2, 0) is 9.53 Å². The van der Waals surface area contributed by atoms with Crippen LogP contribution in [0.1, 0.15) is 8.29 Å². The highest BCUT2D eigenvalue weighted by atomic mass is 16.6. The molecule has 0 saturated carbocycles. The Balaban J connectivity index is 2.25. The minimum atomic E-state index is -0.310.